The zero-order valence-electron chi connectivity index (χ0n) is 14.8. The third-order valence-electron chi connectivity index (χ3n) is 4.33. The number of fused-ring (bicyclic) bond motifs is 1. The lowest BCUT2D eigenvalue weighted by Gasteiger charge is -2.25. The molecule has 0 unspecified atom stereocenters. The number of nitrogens with zero attached hydrogens (tertiary/aromatic N) is 4. The molecule has 2 aromatic heterocycles. The Kier molecular flexibility index (Phi) is 4.87. The minimum Gasteiger partial charge on any atom is -0.378 e. The van der Waals surface area contributed by atoms with Crippen molar-refractivity contribution in [3.63, 3.8) is 0 Å². The molecule has 1 aliphatic heterocycles. The molecule has 0 bridgehead atoms. The van der Waals surface area contributed by atoms with Crippen LogP contribution in [0.5, 0.6) is 0 Å². The molecule has 0 spiro atoms. The molecule has 0 radical (unpaired) electrons. The SMILES string of the molecule is Cc1ccc(CNC(=O)c2cc(=O)nc3sc(N4CCOCC4)nn23)cc1. The van der Waals surface area contributed by atoms with E-state index in [0.717, 1.165) is 29.3 Å². The minimum absolute atomic E-state index is 0.188. The van der Waals surface area contributed by atoms with Gasteiger partial charge in [0.25, 0.3) is 11.5 Å². The molecule has 1 amide bonds. The van der Waals surface area contributed by atoms with E-state index in [1.54, 1.807) is 0 Å². The monoisotopic (exact) mass is 385 g/mol. The van der Waals surface area contributed by atoms with Crippen LogP contribution in [-0.2, 0) is 11.3 Å². The zero-order valence-corrected chi connectivity index (χ0v) is 15.7. The van der Waals surface area contributed by atoms with Crippen LogP contribution in [0.4, 0.5) is 5.13 Å². The molecule has 1 aliphatic rings. The molecule has 1 fully saturated rings. The van der Waals surface area contributed by atoms with Crippen molar-refractivity contribution in [3.8, 4) is 0 Å². The maximum atomic E-state index is 12.7. The van der Waals surface area contributed by atoms with Gasteiger partial charge in [-0.3, -0.25) is 9.59 Å². The second kappa shape index (κ2) is 7.45. The molecule has 1 N–H and O–H groups in total. The molecule has 8 nitrogen and oxygen atoms in total. The third kappa shape index (κ3) is 3.83. The molecular formula is C18H19N5O3S. The van der Waals surface area contributed by atoms with Gasteiger partial charge in [0.05, 0.1) is 13.2 Å². The van der Waals surface area contributed by atoms with Gasteiger partial charge in [-0.2, -0.15) is 9.50 Å². The van der Waals surface area contributed by atoms with Crippen LogP contribution in [0.25, 0.3) is 4.96 Å². The molecule has 1 saturated heterocycles. The van der Waals surface area contributed by atoms with E-state index in [0.29, 0.717) is 24.7 Å². The second-order valence-electron chi connectivity index (χ2n) is 6.33. The molecule has 0 atom stereocenters. The van der Waals surface area contributed by atoms with Crippen LogP contribution >= 0.6 is 11.3 Å². The van der Waals surface area contributed by atoms with Gasteiger partial charge < -0.3 is 15.0 Å². The summed E-state index contributed by atoms with van der Waals surface area (Å²) < 4.78 is 6.80. The number of amides is 1. The van der Waals surface area contributed by atoms with Gasteiger partial charge in [0, 0.05) is 25.7 Å². The molecule has 27 heavy (non-hydrogen) atoms. The standard InChI is InChI=1S/C18H19N5O3S/c1-12-2-4-13(5-3-12)11-19-16(25)14-10-15(24)20-17-23(14)21-18(27-17)22-6-8-26-9-7-22/h2-5,10H,6-9,11H2,1H3,(H,19,25). The Morgan fingerprint density at radius 2 is 2.00 bits per heavy atom. The number of benzene rings is 1. The summed E-state index contributed by atoms with van der Waals surface area (Å²) in [6.07, 6.45) is 0. The fourth-order valence-electron chi connectivity index (χ4n) is 2.83. The number of hydrogen-bond acceptors (Lipinski definition) is 7. The van der Waals surface area contributed by atoms with E-state index in [4.69, 9.17) is 4.74 Å². The first-order valence-corrected chi connectivity index (χ1v) is 9.49. The number of hydrogen-bond donors (Lipinski definition) is 1. The molecule has 0 aliphatic carbocycles. The lowest BCUT2D eigenvalue weighted by molar-refractivity contribution is 0.0943. The second-order valence-corrected chi connectivity index (χ2v) is 7.26. The quantitative estimate of drug-likeness (QED) is 0.727. The number of morpholine rings is 1. The Hall–Kier alpha value is -2.78. The van der Waals surface area contributed by atoms with Crippen molar-refractivity contribution in [2.24, 2.45) is 0 Å². The average Bonchev–Trinajstić information content (AvgIpc) is 3.11. The Morgan fingerprint density at radius 1 is 1.26 bits per heavy atom. The number of rotatable bonds is 4. The lowest BCUT2D eigenvalue weighted by Crippen LogP contribution is -2.36. The number of carbonyl (C=O) groups excluding carboxylic acids is 1. The highest BCUT2D eigenvalue weighted by molar-refractivity contribution is 7.20. The van der Waals surface area contributed by atoms with Crippen molar-refractivity contribution in [2.45, 2.75) is 13.5 Å². The Bertz CT molecular complexity index is 1020. The van der Waals surface area contributed by atoms with Crippen LogP contribution in [0.1, 0.15) is 21.6 Å². The van der Waals surface area contributed by atoms with E-state index in [9.17, 15) is 9.59 Å². The van der Waals surface area contributed by atoms with Crippen molar-refractivity contribution in [1.29, 1.82) is 0 Å². The summed E-state index contributed by atoms with van der Waals surface area (Å²) >= 11 is 1.30. The van der Waals surface area contributed by atoms with Crippen LogP contribution in [0.3, 0.4) is 0 Å². The maximum Gasteiger partial charge on any atom is 0.274 e. The molecule has 3 heterocycles. The highest BCUT2D eigenvalue weighted by atomic mass is 32.1. The predicted octanol–water partition coefficient (Wildman–Crippen LogP) is 1.23. The number of anilines is 1. The molecule has 140 valence electrons. The summed E-state index contributed by atoms with van der Waals surface area (Å²) in [5, 5.41) is 8.08. The number of aryl methyl sites for hydroxylation is 1. The van der Waals surface area contributed by atoms with E-state index >= 15 is 0 Å². The van der Waals surface area contributed by atoms with Crippen molar-refractivity contribution < 1.29 is 9.53 Å². The Labute approximate surface area is 159 Å². The van der Waals surface area contributed by atoms with E-state index < -0.39 is 5.56 Å². The van der Waals surface area contributed by atoms with Crippen molar-refractivity contribution in [3.05, 3.63) is 57.5 Å². The molecule has 9 heteroatoms. The van der Waals surface area contributed by atoms with Gasteiger partial charge in [-0.1, -0.05) is 41.2 Å². The van der Waals surface area contributed by atoms with Gasteiger partial charge in [-0.25, -0.2) is 0 Å². The fraction of sp³-hybridized carbons (Fsp3) is 0.333. The first-order valence-electron chi connectivity index (χ1n) is 8.67. The van der Waals surface area contributed by atoms with Crippen molar-refractivity contribution in [2.75, 3.05) is 31.2 Å². The first-order chi connectivity index (χ1) is 13.1. The van der Waals surface area contributed by atoms with Crippen LogP contribution in [0, 0.1) is 6.92 Å². The fourth-order valence-corrected chi connectivity index (χ4v) is 3.79. The molecule has 0 saturated carbocycles. The van der Waals surface area contributed by atoms with Crippen LogP contribution in [-0.4, -0.2) is 46.8 Å². The van der Waals surface area contributed by atoms with Gasteiger partial charge in [-0.15, -0.1) is 5.10 Å². The van der Waals surface area contributed by atoms with E-state index in [2.05, 4.69) is 20.3 Å². The van der Waals surface area contributed by atoms with E-state index in [-0.39, 0.29) is 11.6 Å². The van der Waals surface area contributed by atoms with Crippen LogP contribution in [0.15, 0.2) is 35.1 Å². The Balaban J connectivity index is 1.59. The highest BCUT2D eigenvalue weighted by Gasteiger charge is 2.20. The highest BCUT2D eigenvalue weighted by Crippen LogP contribution is 2.23. The molecule has 1 aromatic carbocycles. The van der Waals surface area contributed by atoms with Crippen LogP contribution < -0.4 is 15.8 Å². The minimum atomic E-state index is -0.451. The number of aromatic nitrogens is 3. The average molecular weight is 385 g/mol. The maximum absolute atomic E-state index is 12.7. The van der Waals surface area contributed by atoms with E-state index in [1.807, 2.05) is 31.2 Å². The van der Waals surface area contributed by atoms with Crippen molar-refractivity contribution >= 4 is 27.3 Å². The third-order valence-corrected chi connectivity index (χ3v) is 5.30. The van der Waals surface area contributed by atoms with Gasteiger partial charge in [-0.05, 0) is 12.5 Å². The van der Waals surface area contributed by atoms with Crippen LogP contribution in [0.2, 0.25) is 0 Å². The topological polar surface area (TPSA) is 88.8 Å². The number of nitrogens with one attached hydrogen (secondary N) is 1. The largest absolute Gasteiger partial charge is 0.378 e. The first kappa shape index (κ1) is 17.6. The Morgan fingerprint density at radius 3 is 2.74 bits per heavy atom. The normalized spacial score (nSPS) is 14.5. The summed E-state index contributed by atoms with van der Waals surface area (Å²) in [7, 11) is 0. The summed E-state index contributed by atoms with van der Waals surface area (Å²) in [5.74, 6) is -0.357. The zero-order chi connectivity index (χ0) is 18.8. The lowest BCUT2D eigenvalue weighted by atomic mass is 10.1. The van der Waals surface area contributed by atoms with Gasteiger partial charge in [0.2, 0.25) is 10.1 Å². The summed E-state index contributed by atoms with van der Waals surface area (Å²) in [5.41, 5.74) is 1.88. The predicted molar refractivity (Wildman–Crippen MR) is 103 cm³/mol. The van der Waals surface area contributed by atoms with Gasteiger partial charge in [0.15, 0.2) is 0 Å². The summed E-state index contributed by atoms with van der Waals surface area (Å²) in [4.78, 5) is 31.1. The number of ether oxygens (including phenoxy) is 1. The molecule has 4 rings (SSSR count). The molecule has 3 aromatic rings. The number of carbonyl (C=O) groups is 1. The summed E-state index contributed by atoms with van der Waals surface area (Å²) in [6, 6.07) is 9.13. The molecular weight excluding hydrogens is 366 g/mol. The van der Waals surface area contributed by atoms with E-state index in [1.165, 1.54) is 21.9 Å². The summed E-state index contributed by atoms with van der Waals surface area (Å²) in [6.45, 7) is 5.09. The van der Waals surface area contributed by atoms with Gasteiger partial charge >= 0.3 is 0 Å². The van der Waals surface area contributed by atoms with Crippen molar-refractivity contribution in [1.82, 2.24) is 19.9 Å². The smallest absolute Gasteiger partial charge is 0.274 e. The van der Waals surface area contributed by atoms with Gasteiger partial charge in [0.1, 0.15) is 5.69 Å².